The van der Waals surface area contributed by atoms with Gasteiger partial charge in [0.15, 0.2) is 0 Å². The van der Waals surface area contributed by atoms with Gasteiger partial charge in [-0.2, -0.15) is 0 Å². The van der Waals surface area contributed by atoms with Gasteiger partial charge >= 0.3 is 0 Å². The summed E-state index contributed by atoms with van der Waals surface area (Å²) in [5.74, 6) is -0.521. The van der Waals surface area contributed by atoms with Crippen molar-refractivity contribution in [3.05, 3.63) is 47.3 Å². The Morgan fingerprint density at radius 1 is 1.21 bits per heavy atom. The van der Waals surface area contributed by atoms with E-state index < -0.39 is 5.91 Å². The molecule has 0 unspecified atom stereocenters. The van der Waals surface area contributed by atoms with E-state index in [2.05, 4.69) is 10.3 Å². The van der Waals surface area contributed by atoms with Crippen LogP contribution in [0.1, 0.15) is 21.7 Å². The highest BCUT2D eigenvalue weighted by atomic mass is 16.1. The van der Waals surface area contributed by atoms with Crippen molar-refractivity contribution in [2.24, 2.45) is 5.73 Å². The number of nitrogens with two attached hydrogens (primary N) is 2. The third-order valence-electron chi connectivity index (χ3n) is 2.85. The Kier molecular flexibility index (Phi) is 3.37. The molecule has 2 aromatic rings. The van der Waals surface area contributed by atoms with Crippen LogP contribution < -0.4 is 16.8 Å². The van der Waals surface area contributed by atoms with Gasteiger partial charge in [-0.25, -0.2) is 0 Å². The molecule has 1 amide bonds. The predicted octanol–water partition coefficient (Wildman–Crippen LogP) is 2.12. The van der Waals surface area contributed by atoms with Gasteiger partial charge in [-0.15, -0.1) is 0 Å². The predicted molar refractivity (Wildman–Crippen MR) is 76.4 cm³/mol. The minimum absolute atomic E-state index is 0.361. The van der Waals surface area contributed by atoms with Gasteiger partial charge in [0.1, 0.15) is 0 Å². The molecule has 1 aromatic carbocycles. The van der Waals surface area contributed by atoms with E-state index >= 15 is 0 Å². The summed E-state index contributed by atoms with van der Waals surface area (Å²) in [6.07, 6.45) is 0. The SMILES string of the molecule is Cc1ccc(Nc2c(N)cccc2C(N)=O)c(C)n1. The normalized spacial score (nSPS) is 10.2. The fraction of sp³-hybridized carbons (Fsp3) is 0.143. The Morgan fingerprint density at radius 2 is 1.95 bits per heavy atom. The largest absolute Gasteiger partial charge is 0.397 e. The first-order valence-corrected chi connectivity index (χ1v) is 5.88. The molecule has 0 radical (unpaired) electrons. The Hall–Kier alpha value is -2.56. The number of carbonyl (C=O) groups is 1. The van der Waals surface area contributed by atoms with Crippen molar-refractivity contribution < 1.29 is 4.79 Å². The molecule has 0 atom stereocenters. The van der Waals surface area contributed by atoms with Gasteiger partial charge in [0, 0.05) is 5.69 Å². The first kappa shape index (κ1) is 12.9. The first-order valence-electron chi connectivity index (χ1n) is 5.88. The summed E-state index contributed by atoms with van der Waals surface area (Å²) in [7, 11) is 0. The molecule has 0 fully saturated rings. The van der Waals surface area contributed by atoms with Gasteiger partial charge in [-0.1, -0.05) is 6.07 Å². The fourth-order valence-corrected chi connectivity index (χ4v) is 1.87. The van der Waals surface area contributed by atoms with Crippen LogP contribution in [0.3, 0.4) is 0 Å². The average molecular weight is 256 g/mol. The smallest absolute Gasteiger partial charge is 0.250 e. The number of nitrogen functional groups attached to an aromatic ring is 1. The molecule has 0 bridgehead atoms. The zero-order valence-corrected chi connectivity index (χ0v) is 10.9. The number of para-hydroxylation sites is 1. The Labute approximate surface area is 111 Å². The van der Waals surface area contributed by atoms with Crippen molar-refractivity contribution in [2.75, 3.05) is 11.1 Å². The molecule has 0 aliphatic carbocycles. The van der Waals surface area contributed by atoms with Crippen LogP contribution in [0.15, 0.2) is 30.3 Å². The first-order chi connectivity index (χ1) is 8.99. The lowest BCUT2D eigenvalue weighted by Crippen LogP contribution is -2.14. The molecule has 0 saturated carbocycles. The van der Waals surface area contributed by atoms with E-state index in [1.165, 1.54) is 0 Å². The van der Waals surface area contributed by atoms with Crippen molar-refractivity contribution in [3.63, 3.8) is 0 Å². The Morgan fingerprint density at radius 3 is 2.58 bits per heavy atom. The molecule has 5 heteroatoms. The van der Waals surface area contributed by atoms with E-state index in [0.29, 0.717) is 16.9 Å². The monoisotopic (exact) mass is 256 g/mol. The van der Waals surface area contributed by atoms with E-state index in [1.54, 1.807) is 18.2 Å². The number of nitrogens with zero attached hydrogens (tertiary/aromatic N) is 1. The number of aryl methyl sites for hydroxylation is 2. The third kappa shape index (κ3) is 2.65. The molecular weight excluding hydrogens is 240 g/mol. The van der Waals surface area contributed by atoms with Crippen molar-refractivity contribution in [3.8, 4) is 0 Å². The van der Waals surface area contributed by atoms with Gasteiger partial charge in [-0.3, -0.25) is 9.78 Å². The van der Waals surface area contributed by atoms with Crippen LogP contribution in [0.4, 0.5) is 17.1 Å². The average Bonchev–Trinajstić information content (AvgIpc) is 2.34. The lowest BCUT2D eigenvalue weighted by atomic mass is 10.1. The second-order valence-electron chi connectivity index (χ2n) is 4.34. The number of hydrogen-bond donors (Lipinski definition) is 3. The quantitative estimate of drug-likeness (QED) is 0.733. The lowest BCUT2D eigenvalue weighted by Gasteiger charge is -2.14. The number of benzene rings is 1. The number of primary amides is 1. The maximum Gasteiger partial charge on any atom is 0.250 e. The van der Waals surface area contributed by atoms with E-state index in [-0.39, 0.29) is 0 Å². The van der Waals surface area contributed by atoms with Crippen LogP contribution in [0.5, 0.6) is 0 Å². The molecule has 2 rings (SSSR count). The number of nitrogens with one attached hydrogen (secondary N) is 1. The van der Waals surface area contributed by atoms with E-state index in [9.17, 15) is 4.79 Å². The molecule has 1 heterocycles. The minimum Gasteiger partial charge on any atom is -0.397 e. The summed E-state index contributed by atoms with van der Waals surface area (Å²) in [6, 6.07) is 8.83. The number of anilines is 3. The highest BCUT2D eigenvalue weighted by Crippen LogP contribution is 2.28. The van der Waals surface area contributed by atoms with Gasteiger partial charge in [0.25, 0.3) is 5.91 Å². The van der Waals surface area contributed by atoms with Gasteiger partial charge in [0.05, 0.1) is 28.3 Å². The van der Waals surface area contributed by atoms with Crippen molar-refractivity contribution in [1.29, 1.82) is 0 Å². The minimum atomic E-state index is -0.521. The van der Waals surface area contributed by atoms with Crippen molar-refractivity contribution >= 4 is 23.0 Å². The summed E-state index contributed by atoms with van der Waals surface area (Å²) in [5.41, 5.74) is 15.2. The summed E-state index contributed by atoms with van der Waals surface area (Å²) in [4.78, 5) is 15.8. The summed E-state index contributed by atoms with van der Waals surface area (Å²) >= 11 is 0. The fourth-order valence-electron chi connectivity index (χ4n) is 1.87. The van der Waals surface area contributed by atoms with Crippen LogP contribution >= 0.6 is 0 Å². The third-order valence-corrected chi connectivity index (χ3v) is 2.85. The zero-order valence-electron chi connectivity index (χ0n) is 10.9. The van der Waals surface area contributed by atoms with Crippen molar-refractivity contribution in [1.82, 2.24) is 4.98 Å². The highest BCUT2D eigenvalue weighted by molar-refractivity contribution is 6.02. The van der Waals surface area contributed by atoms with Crippen LogP contribution in [0.2, 0.25) is 0 Å². The standard InChI is InChI=1S/C14H16N4O/c1-8-6-7-12(9(2)17-8)18-13-10(14(16)19)4-3-5-11(13)15/h3-7,18H,15H2,1-2H3,(H2,16,19). The van der Waals surface area contributed by atoms with E-state index in [0.717, 1.165) is 17.1 Å². The molecule has 5 N–H and O–H groups in total. The molecule has 0 aliphatic heterocycles. The maximum absolute atomic E-state index is 11.4. The number of hydrogen-bond acceptors (Lipinski definition) is 4. The van der Waals surface area contributed by atoms with Gasteiger partial charge < -0.3 is 16.8 Å². The molecule has 5 nitrogen and oxygen atoms in total. The number of carbonyl (C=O) groups excluding carboxylic acids is 1. The molecular formula is C14H16N4O. The molecule has 0 spiro atoms. The zero-order chi connectivity index (χ0) is 14.0. The van der Waals surface area contributed by atoms with Gasteiger partial charge in [0.2, 0.25) is 0 Å². The van der Waals surface area contributed by atoms with Crippen LogP contribution in [0, 0.1) is 13.8 Å². The molecule has 19 heavy (non-hydrogen) atoms. The number of amides is 1. The van der Waals surface area contributed by atoms with Gasteiger partial charge in [-0.05, 0) is 38.1 Å². The molecule has 98 valence electrons. The van der Waals surface area contributed by atoms with Crippen molar-refractivity contribution in [2.45, 2.75) is 13.8 Å². The molecule has 1 aromatic heterocycles. The van der Waals surface area contributed by atoms with Crippen LogP contribution in [-0.4, -0.2) is 10.9 Å². The Balaban J connectivity index is 2.46. The summed E-state index contributed by atoms with van der Waals surface area (Å²) in [6.45, 7) is 3.81. The number of aromatic nitrogens is 1. The van der Waals surface area contributed by atoms with E-state index in [1.807, 2.05) is 26.0 Å². The second-order valence-corrected chi connectivity index (χ2v) is 4.34. The van der Waals surface area contributed by atoms with Crippen LogP contribution in [0.25, 0.3) is 0 Å². The second kappa shape index (κ2) is 4.97. The lowest BCUT2D eigenvalue weighted by molar-refractivity contribution is 0.100. The highest BCUT2D eigenvalue weighted by Gasteiger charge is 2.12. The topological polar surface area (TPSA) is 94.0 Å². The molecule has 0 aliphatic rings. The summed E-state index contributed by atoms with van der Waals surface area (Å²) in [5, 5.41) is 3.13. The number of rotatable bonds is 3. The maximum atomic E-state index is 11.4. The Bertz CT molecular complexity index is 637. The summed E-state index contributed by atoms with van der Waals surface area (Å²) < 4.78 is 0. The van der Waals surface area contributed by atoms with Crippen LogP contribution in [-0.2, 0) is 0 Å². The molecule has 0 saturated heterocycles. The number of pyridine rings is 1. The van der Waals surface area contributed by atoms with E-state index in [4.69, 9.17) is 11.5 Å².